The lowest BCUT2D eigenvalue weighted by molar-refractivity contribution is 0.415. The molecule has 0 unspecified atom stereocenters. The fourth-order valence-electron chi connectivity index (χ4n) is 2.76. The minimum atomic E-state index is 0.739. The van der Waals surface area contributed by atoms with Gasteiger partial charge in [-0.3, -0.25) is 0 Å². The Morgan fingerprint density at radius 2 is 1.44 bits per heavy atom. The van der Waals surface area contributed by atoms with Crippen molar-refractivity contribution in [3.05, 3.63) is 90.5 Å². The van der Waals surface area contributed by atoms with Gasteiger partial charge in [0.1, 0.15) is 5.75 Å². The zero-order valence-corrected chi connectivity index (χ0v) is 15.7. The van der Waals surface area contributed by atoms with E-state index in [1.54, 1.807) is 18.4 Å². The first-order valence-electron chi connectivity index (χ1n) is 8.63. The largest absolute Gasteiger partial charge is 0.497 e. The van der Waals surface area contributed by atoms with Gasteiger partial charge in [-0.15, -0.1) is 0 Å². The number of rotatable bonds is 5. The molecule has 0 bridgehead atoms. The molecule has 3 aromatic carbocycles. The number of aromatic nitrogens is 1. The Hall–Kier alpha value is -3.24. The van der Waals surface area contributed by atoms with Gasteiger partial charge >= 0.3 is 0 Å². The Bertz CT molecular complexity index is 982. The Kier molecular flexibility index (Phi) is 5.08. The van der Waals surface area contributed by atoms with Crippen LogP contribution in [0, 0.1) is 0 Å². The Labute approximate surface area is 162 Å². The molecular formula is C23H18N2OS. The van der Waals surface area contributed by atoms with Crippen molar-refractivity contribution in [1.29, 1.82) is 0 Å². The number of methoxy groups -OCH3 is 1. The van der Waals surface area contributed by atoms with E-state index in [-0.39, 0.29) is 0 Å². The maximum Gasteiger partial charge on any atom is 0.210 e. The van der Waals surface area contributed by atoms with Crippen molar-refractivity contribution in [3.63, 3.8) is 0 Å². The number of hydrogen-bond donors (Lipinski definition) is 0. The minimum absolute atomic E-state index is 0.739. The summed E-state index contributed by atoms with van der Waals surface area (Å²) >= 11 is 1.60. The lowest BCUT2D eigenvalue weighted by Gasteiger charge is -2.02. The summed E-state index contributed by atoms with van der Waals surface area (Å²) in [4.78, 5) is 10.5. The molecule has 0 saturated heterocycles. The summed E-state index contributed by atoms with van der Waals surface area (Å²) in [5.74, 6) is 0.833. The zero-order chi connectivity index (χ0) is 18.5. The van der Waals surface area contributed by atoms with Crippen molar-refractivity contribution in [1.82, 2.24) is 4.98 Å². The van der Waals surface area contributed by atoms with Gasteiger partial charge in [0.15, 0.2) is 0 Å². The van der Waals surface area contributed by atoms with Gasteiger partial charge < -0.3 is 4.74 Å². The van der Waals surface area contributed by atoms with Gasteiger partial charge in [0.25, 0.3) is 0 Å². The maximum atomic E-state index is 5.19. The molecule has 4 aromatic rings. The number of nitrogens with zero attached hydrogens (tertiary/aromatic N) is 2. The van der Waals surface area contributed by atoms with Crippen molar-refractivity contribution in [2.45, 2.75) is 0 Å². The van der Waals surface area contributed by atoms with E-state index < -0.39 is 0 Å². The topological polar surface area (TPSA) is 34.5 Å². The highest BCUT2D eigenvalue weighted by molar-refractivity contribution is 7.19. The molecule has 0 aliphatic heterocycles. The number of ether oxygens (including phenoxy) is 1. The monoisotopic (exact) mass is 370 g/mol. The molecule has 0 saturated carbocycles. The number of hydrogen-bond acceptors (Lipinski definition) is 4. The van der Waals surface area contributed by atoms with E-state index in [2.05, 4.69) is 29.3 Å². The first-order chi connectivity index (χ1) is 13.3. The van der Waals surface area contributed by atoms with Crippen molar-refractivity contribution in [2.75, 3.05) is 7.11 Å². The van der Waals surface area contributed by atoms with Crippen LogP contribution in [0.3, 0.4) is 0 Å². The highest BCUT2D eigenvalue weighted by atomic mass is 32.1. The smallest absolute Gasteiger partial charge is 0.210 e. The van der Waals surface area contributed by atoms with Crippen LogP contribution in [0.2, 0.25) is 0 Å². The fourth-order valence-corrected chi connectivity index (χ4v) is 3.70. The van der Waals surface area contributed by atoms with E-state index in [0.717, 1.165) is 38.1 Å². The molecule has 27 heavy (non-hydrogen) atoms. The molecule has 1 aromatic heterocycles. The third-order valence-electron chi connectivity index (χ3n) is 4.14. The summed E-state index contributed by atoms with van der Waals surface area (Å²) < 4.78 is 5.19. The Morgan fingerprint density at radius 1 is 0.815 bits per heavy atom. The van der Waals surface area contributed by atoms with Crippen molar-refractivity contribution < 1.29 is 4.74 Å². The minimum Gasteiger partial charge on any atom is -0.497 e. The first kappa shape index (κ1) is 17.2. The maximum absolute atomic E-state index is 5.19. The fraction of sp³-hybridized carbons (Fsp3) is 0.0435. The third-order valence-corrected chi connectivity index (χ3v) is 5.15. The van der Waals surface area contributed by atoms with Gasteiger partial charge in [-0.2, -0.15) is 0 Å². The number of aliphatic imine (C=N–C) groups is 1. The Morgan fingerprint density at radius 3 is 2.07 bits per heavy atom. The molecule has 0 aliphatic rings. The summed E-state index contributed by atoms with van der Waals surface area (Å²) in [5.41, 5.74) is 4.22. The van der Waals surface area contributed by atoms with Crippen molar-refractivity contribution in [3.8, 4) is 27.4 Å². The molecule has 0 aliphatic carbocycles. The molecule has 132 valence electrons. The normalized spacial score (nSPS) is 11.0. The first-order valence-corrected chi connectivity index (χ1v) is 9.45. The van der Waals surface area contributed by atoms with E-state index in [1.165, 1.54) is 0 Å². The SMILES string of the molecule is COc1ccc(C=Nc2nc(-c3ccccc3)c(-c3ccccc3)s2)cc1. The lowest BCUT2D eigenvalue weighted by Crippen LogP contribution is -1.84. The molecule has 0 N–H and O–H groups in total. The van der Waals surface area contributed by atoms with Crippen LogP contribution in [0.25, 0.3) is 21.7 Å². The van der Waals surface area contributed by atoms with E-state index in [0.29, 0.717) is 0 Å². The predicted molar refractivity (Wildman–Crippen MR) is 113 cm³/mol. The summed E-state index contributed by atoms with van der Waals surface area (Å²) in [7, 11) is 1.66. The molecule has 0 radical (unpaired) electrons. The third kappa shape index (κ3) is 3.96. The molecule has 0 fully saturated rings. The van der Waals surface area contributed by atoms with Crippen LogP contribution in [0.15, 0.2) is 89.9 Å². The summed E-state index contributed by atoms with van der Waals surface area (Å²) in [6.45, 7) is 0. The average molecular weight is 370 g/mol. The quantitative estimate of drug-likeness (QED) is 0.390. The molecular weight excluding hydrogens is 352 g/mol. The lowest BCUT2D eigenvalue weighted by atomic mass is 10.1. The van der Waals surface area contributed by atoms with Gasteiger partial charge in [-0.05, 0) is 35.4 Å². The predicted octanol–water partition coefficient (Wildman–Crippen LogP) is 6.24. The molecule has 0 amide bonds. The van der Waals surface area contributed by atoms with Crippen LogP contribution < -0.4 is 4.74 Å². The molecule has 4 rings (SSSR count). The van der Waals surface area contributed by atoms with E-state index in [4.69, 9.17) is 9.72 Å². The highest BCUT2D eigenvalue weighted by Gasteiger charge is 2.14. The molecule has 0 atom stereocenters. The molecule has 4 heteroatoms. The van der Waals surface area contributed by atoms with Gasteiger partial charge in [-0.1, -0.05) is 72.0 Å². The second kappa shape index (κ2) is 7.98. The van der Waals surface area contributed by atoms with Gasteiger partial charge in [0.05, 0.1) is 17.7 Å². The van der Waals surface area contributed by atoms with Crippen LogP contribution in [-0.2, 0) is 0 Å². The standard InChI is InChI=1S/C23H18N2OS/c1-26-20-14-12-17(13-15-20)16-24-23-25-21(18-8-4-2-5-9-18)22(27-23)19-10-6-3-7-11-19/h2-16H,1H3. The highest BCUT2D eigenvalue weighted by Crippen LogP contribution is 2.39. The van der Waals surface area contributed by atoms with Gasteiger partial charge in [-0.25, -0.2) is 9.98 Å². The second-order valence-electron chi connectivity index (χ2n) is 5.94. The van der Waals surface area contributed by atoms with E-state index in [1.807, 2.05) is 66.9 Å². The zero-order valence-electron chi connectivity index (χ0n) is 14.9. The van der Waals surface area contributed by atoms with Gasteiger partial charge in [0, 0.05) is 11.8 Å². The summed E-state index contributed by atoms with van der Waals surface area (Å²) in [5, 5.41) is 0.739. The van der Waals surface area contributed by atoms with Crippen molar-refractivity contribution in [2.24, 2.45) is 4.99 Å². The summed E-state index contributed by atoms with van der Waals surface area (Å²) in [6.07, 6.45) is 1.84. The summed E-state index contributed by atoms with van der Waals surface area (Å²) in [6, 6.07) is 28.4. The molecule has 0 spiro atoms. The Balaban J connectivity index is 1.71. The number of thiazole rings is 1. The van der Waals surface area contributed by atoms with E-state index in [9.17, 15) is 0 Å². The van der Waals surface area contributed by atoms with Crippen LogP contribution in [0.4, 0.5) is 5.13 Å². The molecule has 3 nitrogen and oxygen atoms in total. The van der Waals surface area contributed by atoms with Crippen LogP contribution in [-0.4, -0.2) is 18.3 Å². The second-order valence-corrected chi connectivity index (χ2v) is 6.92. The van der Waals surface area contributed by atoms with E-state index >= 15 is 0 Å². The average Bonchev–Trinajstić information content (AvgIpc) is 3.18. The number of benzene rings is 3. The van der Waals surface area contributed by atoms with Crippen LogP contribution in [0.1, 0.15) is 5.56 Å². The van der Waals surface area contributed by atoms with Crippen LogP contribution in [0.5, 0.6) is 5.75 Å². The van der Waals surface area contributed by atoms with Crippen LogP contribution >= 0.6 is 11.3 Å². The van der Waals surface area contributed by atoms with Crippen molar-refractivity contribution >= 4 is 22.7 Å². The van der Waals surface area contributed by atoms with Gasteiger partial charge in [0.2, 0.25) is 5.13 Å². The molecule has 1 heterocycles.